The van der Waals surface area contributed by atoms with E-state index in [-0.39, 0.29) is 0 Å². The molecule has 19 heavy (non-hydrogen) atoms. The maximum absolute atomic E-state index is 10.3. The van der Waals surface area contributed by atoms with E-state index < -0.39 is 11.4 Å². The van der Waals surface area contributed by atoms with Gasteiger partial charge < -0.3 is 10.2 Å². The number of thioether (sulfide) groups is 1. The molecule has 3 nitrogen and oxygen atoms in total. The van der Waals surface area contributed by atoms with Crippen LogP contribution >= 0.6 is 11.8 Å². The van der Waals surface area contributed by atoms with Crippen molar-refractivity contribution in [1.82, 2.24) is 0 Å². The van der Waals surface area contributed by atoms with Crippen LogP contribution in [0.1, 0.15) is 59.3 Å². The van der Waals surface area contributed by atoms with Crippen LogP contribution in [-0.4, -0.2) is 49.9 Å². The molecule has 0 bridgehead atoms. The fraction of sp³-hybridized carbons (Fsp3) is 0.929. The van der Waals surface area contributed by atoms with E-state index in [1.807, 2.05) is 0 Å². The second-order valence-electron chi connectivity index (χ2n) is 4.54. The van der Waals surface area contributed by atoms with Gasteiger partial charge in [0.05, 0.1) is 0 Å². The van der Waals surface area contributed by atoms with Gasteiger partial charge in [-0.1, -0.05) is 33.1 Å². The second-order valence-corrected chi connectivity index (χ2v) is 7.08. The molecule has 0 saturated carbocycles. The summed E-state index contributed by atoms with van der Waals surface area (Å²) >= 11 is 2.81. The Morgan fingerprint density at radius 2 is 1.79 bits per heavy atom. The van der Waals surface area contributed by atoms with Gasteiger partial charge in [0.1, 0.15) is 0 Å². The molecule has 0 fully saturated rings. The van der Waals surface area contributed by atoms with E-state index in [1.165, 1.54) is 30.1 Å². The van der Waals surface area contributed by atoms with Crippen LogP contribution in [0.3, 0.4) is 0 Å². The van der Waals surface area contributed by atoms with Gasteiger partial charge in [-0.15, -0.1) is 11.8 Å². The minimum absolute atomic E-state index is 0.536. The predicted molar refractivity (Wildman–Crippen MR) is 84.9 cm³/mol. The van der Waals surface area contributed by atoms with Gasteiger partial charge in [0.25, 0.3) is 0 Å². The topological polar surface area (TPSA) is 57.5 Å². The Hall–Kier alpha value is 0.579. The van der Waals surface area contributed by atoms with Gasteiger partial charge in [0.15, 0.2) is 5.44 Å². The predicted octanol–water partition coefficient (Wildman–Crippen LogP) is 3.71. The second kappa shape index (κ2) is 16.6. The molecule has 5 heteroatoms. The Balaban J connectivity index is 0. The zero-order valence-corrected chi connectivity index (χ0v) is 16.2. The molecule has 113 valence electrons. The van der Waals surface area contributed by atoms with E-state index in [2.05, 4.69) is 20.8 Å². The standard InChI is InChI=1S/C10H20O3S.C4H9.Sn/c1-3-5-6-8(4-2)7-14-10(13)9(11)12;1-3-4-2;/h8,10,13H,3-7H2,1-2H3,(H,11,12);1,3-4H2,2H3;. The number of aliphatic carboxylic acids is 1. The molecule has 0 aliphatic carbocycles. The fourth-order valence-corrected chi connectivity index (χ4v) is 3.38. The summed E-state index contributed by atoms with van der Waals surface area (Å²) in [6.45, 7) is 6.48. The molecule has 0 amide bonds. The van der Waals surface area contributed by atoms with Crippen LogP contribution in [0.2, 0.25) is 4.44 Å². The van der Waals surface area contributed by atoms with Crippen LogP contribution in [0.5, 0.6) is 0 Å². The zero-order valence-electron chi connectivity index (χ0n) is 12.5. The van der Waals surface area contributed by atoms with Crippen molar-refractivity contribution in [2.45, 2.75) is 69.2 Å². The van der Waals surface area contributed by atoms with Crippen molar-refractivity contribution in [3.05, 3.63) is 0 Å². The fourth-order valence-electron chi connectivity index (χ4n) is 1.37. The summed E-state index contributed by atoms with van der Waals surface area (Å²) in [5.74, 6) is 0.138. The Bertz CT molecular complexity index is 201. The summed E-state index contributed by atoms with van der Waals surface area (Å²) in [4.78, 5) is 10.3. The van der Waals surface area contributed by atoms with E-state index in [0.29, 0.717) is 5.92 Å². The molecule has 0 spiro atoms. The van der Waals surface area contributed by atoms with Crippen molar-refractivity contribution >= 4 is 40.3 Å². The summed E-state index contributed by atoms with van der Waals surface area (Å²) in [6.07, 6.45) is 7.33. The van der Waals surface area contributed by atoms with Crippen molar-refractivity contribution < 1.29 is 15.0 Å². The summed E-state index contributed by atoms with van der Waals surface area (Å²) in [5, 5.41) is 17.5. The van der Waals surface area contributed by atoms with Crippen molar-refractivity contribution in [1.29, 1.82) is 0 Å². The number of aliphatic hydroxyl groups excluding tert-OH is 1. The number of aliphatic hydroxyl groups is 1. The Labute approximate surface area is 136 Å². The normalized spacial score (nSPS) is 13.3. The molecule has 0 aliphatic heterocycles. The van der Waals surface area contributed by atoms with Crippen LogP contribution in [-0.2, 0) is 4.79 Å². The van der Waals surface area contributed by atoms with Gasteiger partial charge in [0, 0.05) is 0 Å². The summed E-state index contributed by atoms with van der Waals surface area (Å²) < 4.78 is 1.43. The quantitative estimate of drug-likeness (QED) is 0.437. The van der Waals surface area contributed by atoms with E-state index in [1.54, 1.807) is 22.5 Å². The molecule has 2 N–H and O–H groups in total. The molecule has 0 aliphatic rings. The third-order valence-corrected chi connectivity index (χ3v) is 4.96. The number of carboxylic acid groups (broad SMARTS) is 1. The number of hydrogen-bond donors (Lipinski definition) is 2. The van der Waals surface area contributed by atoms with Crippen molar-refractivity contribution in [3.8, 4) is 0 Å². The van der Waals surface area contributed by atoms with E-state index in [0.717, 1.165) is 30.4 Å². The van der Waals surface area contributed by atoms with E-state index >= 15 is 0 Å². The number of carbonyl (C=O) groups is 1. The van der Waals surface area contributed by atoms with Gasteiger partial charge in [-0.05, 0) is 18.1 Å². The molecule has 0 aromatic heterocycles. The maximum atomic E-state index is 10.3. The average molecular weight is 396 g/mol. The van der Waals surface area contributed by atoms with Gasteiger partial charge in [-0.25, -0.2) is 4.79 Å². The number of carboxylic acids is 1. The first kappa shape index (κ1) is 21.9. The van der Waals surface area contributed by atoms with Crippen LogP contribution < -0.4 is 0 Å². The molecule has 0 saturated heterocycles. The molecule has 0 aromatic rings. The molecule has 0 heterocycles. The van der Waals surface area contributed by atoms with Crippen LogP contribution in [0, 0.1) is 5.92 Å². The zero-order chi connectivity index (χ0) is 15.1. The molecule has 2 atom stereocenters. The van der Waals surface area contributed by atoms with E-state index in [4.69, 9.17) is 10.2 Å². The summed E-state index contributed by atoms with van der Waals surface area (Å²) in [7, 11) is 0. The number of unbranched alkanes of at least 4 members (excludes halogenated alkanes) is 2. The monoisotopic (exact) mass is 397 g/mol. The average Bonchev–Trinajstić information content (AvgIpc) is 2.40. The van der Waals surface area contributed by atoms with Gasteiger partial charge >= 0.3 is 52.7 Å². The van der Waals surface area contributed by atoms with Gasteiger partial charge in [0.2, 0.25) is 0 Å². The van der Waals surface area contributed by atoms with Gasteiger partial charge in [-0.2, -0.15) is 0 Å². The minimum atomic E-state index is -1.26. The molecule has 0 aromatic carbocycles. The van der Waals surface area contributed by atoms with Crippen LogP contribution in [0.15, 0.2) is 0 Å². The molecule has 0 rings (SSSR count). The molecule has 3 radical (unpaired) electrons. The molecular weight excluding hydrogens is 367 g/mol. The van der Waals surface area contributed by atoms with Gasteiger partial charge in [-0.3, -0.25) is 0 Å². The van der Waals surface area contributed by atoms with Crippen molar-refractivity contribution in [3.63, 3.8) is 0 Å². The number of rotatable bonds is 10. The summed E-state index contributed by atoms with van der Waals surface area (Å²) in [6, 6.07) is 0. The third-order valence-electron chi connectivity index (χ3n) is 2.77. The Kier molecular flexibility index (Phi) is 19.1. The van der Waals surface area contributed by atoms with Crippen molar-refractivity contribution in [2.24, 2.45) is 5.92 Å². The first-order valence-electron chi connectivity index (χ1n) is 7.20. The van der Waals surface area contributed by atoms with Crippen LogP contribution in [0.4, 0.5) is 0 Å². The molecular formula is C14H29O3SSn. The van der Waals surface area contributed by atoms with Crippen LogP contribution in [0.25, 0.3) is 0 Å². The first-order valence-corrected chi connectivity index (χ1v) is 10.3. The molecule has 2 unspecified atom stereocenters. The van der Waals surface area contributed by atoms with Crippen molar-refractivity contribution in [2.75, 3.05) is 5.75 Å². The summed E-state index contributed by atoms with van der Waals surface area (Å²) in [5.41, 5.74) is -1.26. The number of hydrogen-bond acceptors (Lipinski definition) is 3. The third kappa shape index (κ3) is 16.5. The van der Waals surface area contributed by atoms with E-state index in [9.17, 15) is 4.79 Å². The SMILES string of the molecule is CCCCC(CC)CSC(O)C(=O)O.CCC[CH2][Sn]. The Morgan fingerprint density at radius 1 is 1.21 bits per heavy atom. The first-order chi connectivity index (χ1) is 9.03. The Morgan fingerprint density at radius 3 is 2.11 bits per heavy atom.